The predicted octanol–water partition coefficient (Wildman–Crippen LogP) is 3.14. The van der Waals surface area contributed by atoms with Gasteiger partial charge in [-0.15, -0.1) is 0 Å². The second-order valence-corrected chi connectivity index (χ2v) is 10.9. The smallest absolute Gasteiger partial charge is 0.326 e. The van der Waals surface area contributed by atoms with Gasteiger partial charge in [-0.3, -0.25) is 4.79 Å². The number of carbonyl (C=O) groups is 2. The maximum absolute atomic E-state index is 13.5. The standard InChI is InChI=1S/C30H42FN5O5/c1-40-23(19-31)20-36(17-4-3-8-22-11-10-21-7-5-15-32-26(21)34-22)18-12-25(28(37)38)35-29(39)30(13-14-30)24-9-6-16-33-27(24)41-2/h6,9-11,16,23,25H,3-5,7-8,12-15,17-20H2,1-2H3,(H,32,34)(H,35,39)(H,37,38). The third kappa shape index (κ3) is 7.91. The number of carboxylic acids is 1. The summed E-state index contributed by atoms with van der Waals surface area (Å²) in [7, 11) is 2.97. The largest absolute Gasteiger partial charge is 0.481 e. The van der Waals surface area contributed by atoms with Gasteiger partial charge in [0.15, 0.2) is 0 Å². The number of amides is 1. The summed E-state index contributed by atoms with van der Waals surface area (Å²) in [6.45, 7) is 1.68. The van der Waals surface area contributed by atoms with Gasteiger partial charge in [0.2, 0.25) is 11.8 Å². The Morgan fingerprint density at radius 1 is 1.22 bits per heavy atom. The molecule has 10 nitrogen and oxygen atoms in total. The molecule has 0 radical (unpaired) electrons. The number of hydrogen-bond donors (Lipinski definition) is 3. The van der Waals surface area contributed by atoms with Crippen LogP contribution in [0.15, 0.2) is 30.5 Å². The molecular formula is C30H42FN5O5. The van der Waals surface area contributed by atoms with Gasteiger partial charge in [-0.2, -0.15) is 0 Å². The van der Waals surface area contributed by atoms with E-state index in [9.17, 15) is 19.1 Å². The van der Waals surface area contributed by atoms with Crippen LogP contribution in [0.4, 0.5) is 10.2 Å². The summed E-state index contributed by atoms with van der Waals surface area (Å²) in [6.07, 6.45) is 7.10. The van der Waals surface area contributed by atoms with E-state index in [1.54, 1.807) is 18.3 Å². The van der Waals surface area contributed by atoms with Gasteiger partial charge in [-0.05, 0) is 75.6 Å². The molecule has 1 aliphatic heterocycles. The highest BCUT2D eigenvalue weighted by Crippen LogP contribution is 2.51. The van der Waals surface area contributed by atoms with E-state index in [0.29, 0.717) is 43.9 Å². The molecule has 3 N–H and O–H groups in total. The molecule has 2 aromatic heterocycles. The third-order valence-corrected chi connectivity index (χ3v) is 8.08. The monoisotopic (exact) mass is 571 g/mol. The number of methoxy groups -OCH3 is 2. The number of aryl methyl sites for hydroxylation is 2. The molecular weight excluding hydrogens is 529 g/mol. The van der Waals surface area contributed by atoms with Crippen molar-refractivity contribution in [2.45, 2.75) is 68.9 Å². The number of hydrogen-bond acceptors (Lipinski definition) is 8. The van der Waals surface area contributed by atoms with Crippen molar-refractivity contribution in [1.82, 2.24) is 20.2 Å². The van der Waals surface area contributed by atoms with Crippen LogP contribution in [0, 0.1) is 0 Å². The molecule has 2 atom stereocenters. The minimum absolute atomic E-state index is 0.183. The summed E-state index contributed by atoms with van der Waals surface area (Å²) in [5, 5.41) is 16.0. The lowest BCUT2D eigenvalue weighted by Gasteiger charge is -2.27. The van der Waals surface area contributed by atoms with Crippen molar-refractivity contribution < 1.29 is 28.6 Å². The number of alkyl halides is 1. The molecule has 3 heterocycles. The van der Waals surface area contributed by atoms with Gasteiger partial charge in [0, 0.05) is 44.2 Å². The molecule has 4 rings (SSSR count). The zero-order chi connectivity index (χ0) is 29.2. The van der Waals surface area contributed by atoms with E-state index in [1.807, 2.05) is 4.90 Å². The van der Waals surface area contributed by atoms with Gasteiger partial charge in [-0.25, -0.2) is 19.2 Å². The van der Waals surface area contributed by atoms with Crippen LogP contribution < -0.4 is 15.4 Å². The van der Waals surface area contributed by atoms with Crippen LogP contribution in [-0.4, -0.2) is 91.1 Å². The minimum Gasteiger partial charge on any atom is -0.481 e. The Labute approximate surface area is 241 Å². The third-order valence-electron chi connectivity index (χ3n) is 8.08. The SMILES string of the molecule is COc1ncccc1C1(C(=O)NC(CCN(CCCCc2ccc3c(n2)NCCC3)CC(CF)OC)C(=O)O)CC1. The number of ether oxygens (including phenoxy) is 2. The number of halogens is 1. The number of pyridine rings is 2. The average Bonchev–Trinajstić information content (AvgIpc) is 3.81. The molecule has 1 fully saturated rings. The van der Waals surface area contributed by atoms with E-state index in [0.717, 1.165) is 50.2 Å². The second-order valence-electron chi connectivity index (χ2n) is 10.9. The fraction of sp³-hybridized carbons (Fsp3) is 0.600. The fourth-order valence-electron chi connectivity index (χ4n) is 5.45. The lowest BCUT2D eigenvalue weighted by atomic mass is 9.95. The Hall–Kier alpha value is -3.31. The Bertz CT molecular complexity index is 1170. The first-order valence-corrected chi connectivity index (χ1v) is 14.5. The molecule has 2 aromatic rings. The van der Waals surface area contributed by atoms with Crippen molar-refractivity contribution in [3.8, 4) is 5.88 Å². The van der Waals surface area contributed by atoms with E-state index in [4.69, 9.17) is 14.5 Å². The molecule has 41 heavy (non-hydrogen) atoms. The molecule has 1 amide bonds. The highest BCUT2D eigenvalue weighted by Gasteiger charge is 2.54. The Kier molecular flexibility index (Phi) is 10.9. The first-order chi connectivity index (χ1) is 19.9. The van der Waals surface area contributed by atoms with E-state index < -0.39 is 30.2 Å². The van der Waals surface area contributed by atoms with E-state index in [-0.39, 0.29) is 12.3 Å². The van der Waals surface area contributed by atoms with Crippen molar-refractivity contribution in [1.29, 1.82) is 0 Å². The number of unbranched alkanes of at least 4 members (excludes halogenated alkanes) is 1. The number of fused-ring (bicyclic) bond motifs is 1. The number of carbonyl (C=O) groups excluding carboxylic acids is 1. The fourth-order valence-corrected chi connectivity index (χ4v) is 5.45. The van der Waals surface area contributed by atoms with Crippen molar-refractivity contribution in [3.05, 3.63) is 47.3 Å². The van der Waals surface area contributed by atoms with Crippen molar-refractivity contribution in [2.75, 3.05) is 52.4 Å². The zero-order valence-electron chi connectivity index (χ0n) is 24.0. The normalized spacial score (nSPS) is 16.8. The van der Waals surface area contributed by atoms with Crippen LogP contribution in [0.25, 0.3) is 0 Å². The first kappa shape index (κ1) is 30.6. The van der Waals surface area contributed by atoms with Crippen LogP contribution in [-0.2, 0) is 32.6 Å². The van der Waals surface area contributed by atoms with Crippen molar-refractivity contribution >= 4 is 17.7 Å². The highest BCUT2D eigenvalue weighted by atomic mass is 19.1. The number of carboxylic acid groups (broad SMARTS) is 1. The topological polar surface area (TPSA) is 126 Å². The molecule has 11 heteroatoms. The summed E-state index contributed by atoms with van der Waals surface area (Å²) < 4.78 is 24.1. The predicted molar refractivity (Wildman–Crippen MR) is 153 cm³/mol. The molecule has 2 aliphatic rings. The molecule has 1 aliphatic carbocycles. The van der Waals surface area contributed by atoms with Crippen LogP contribution in [0.5, 0.6) is 5.88 Å². The van der Waals surface area contributed by atoms with Crippen molar-refractivity contribution in [3.63, 3.8) is 0 Å². The second kappa shape index (κ2) is 14.5. The van der Waals surface area contributed by atoms with Gasteiger partial charge in [0.25, 0.3) is 0 Å². The molecule has 1 saturated carbocycles. The van der Waals surface area contributed by atoms with Crippen molar-refractivity contribution in [2.24, 2.45) is 0 Å². The quantitative estimate of drug-likeness (QED) is 0.246. The number of aliphatic carboxylic acids is 1. The van der Waals surface area contributed by atoms with Gasteiger partial charge in [0.05, 0.1) is 18.6 Å². The maximum Gasteiger partial charge on any atom is 0.326 e. The Morgan fingerprint density at radius 3 is 2.76 bits per heavy atom. The zero-order valence-corrected chi connectivity index (χ0v) is 24.0. The van der Waals surface area contributed by atoms with E-state index >= 15 is 0 Å². The number of nitrogens with zero attached hydrogens (tertiary/aromatic N) is 3. The van der Waals surface area contributed by atoms with Gasteiger partial charge in [0.1, 0.15) is 18.5 Å². The minimum atomic E-state index is -1.10. The number of anilines is 1. The van der Waals surface area contributed by atoms with Gasteiger partial charge >= 0.3 is 5.97 Å². The molecule has 0 aromatic carbocycles. The Morgan fingerprint density at radius 2 is 2.05 bits per heavy atom. The lowest BCUT2D eigenvalue weighted by Crippen LogP contribution is -2.47. The van der Waals surface area contributed by atoms with E-state index in [1.165, 1.54) is 19.8 Å². The number of nitrogens with one attached hydrogen (secondary N) is 2. The van der Waals surface area contributed by atoms with E-state index in [2.05, 4.69) is 27.8 Å². The highest BCUT2D eigenvalue weighted by molar-refractivity contribution is 5.94. The maximum atomic E-state index is 13.5. The molecule has 0 saturated heterocycles. The summed E-state index contributed by atoms with van der Waals surface area (Å²) >= 11 is 0. The summed E-state index contributed by atoms with van der Waals surface area (Å²) in [6, 6.07) is 6.70. The van der Waals surface area contributed by atoms with Crippen LogP contribution >= 0.6 is 0 Å². The molecule has 0 spiro atoms. The van der Waals surface area contributed by atoms with Gasteiger partial charge < -0.3 is 30.1 Å². The first-order valence-electron chi connectivity index (χ1n) is 14.5. The molecule has 2 unspecified atom stereocenters. The summed E-state index contributed by atoms with van der Waals surface area (Å²) in [5.74, 6) is -0.0868. The van der Waals surface area contributed by atoms with Crippen LogP contribution in [0.1, 0.15) is 55.3 Å². The van der Waals surface area contributed by atoms with Crippen LogP contribution in [0.2, 0.25) is 0 Å². The Balaban J connectivity index is 1.33. The van der Waals surface area contributed by atoms with Gasteiger partial charge in [-0.1, -0.05) is 12.1 Å². The summed E-state index contributed by atoms with van der Waals surface area (Å²) in [5.41, 5.74) is 2.13. The molecule has 224 valence electrons. The number of rotatable bonds is 17. The number of aromatic nitrogens is 2. The molecule has 0 bridgehead atoms. The van der Waals surface area contributed by atoms with Crippen LogP contribution in [0.3, 0.4) is 0 Å². The average molecular weight is 572 g/mol. The lowest BCUT2D eigenvalue weighted by molar-refractivity contribution is -0.142. The summed E-state index contributed by atoms with van der Waals surface area (Å²) in [4.78, 5) is 36.4.